The summed E-state index contributed by atoms with van der Waals surface area (Å²) in [6.07, 6.45) is 3.34. The van der Waals surface area contributed by atoms with E-state index < -0.39 is 0 Å². The molecule has 92 valence electrons. The monoisotopic (exact) mass is 316 g/mol. The van der Waals surface area contributed by atoms with Crippen molar-refractivity contribution in [1.29, 1.82) is 0 Å². The van der Waals surface area contributed by atoms with Crippen molar-refractivity contribution in [3.63, 3.8) is 0 Å². The molecule has 1 aromatic rings. The van der Waals surface area contributed by atoms with E-state index in [2.05, 4.69) is 21.2 Å². The van der Waals surface area contributed by atoms with E-state index in [1.807, 2.05) is 0 Å². The minimum atomic E-state index is -0.296. The number of rotatable bonds is 3. The number of benzene rings is 1. The number of halogens is 2. The third-order valence-corrected chi connectivity index (χ3v) is 3.99. The van der Waals surface area contributed by atoms with Gasteiger partial charge in [0.1, 0.15) is 0 Å². The predicted molar refractivity (Wildman–Crippen MR) is 73.2 cm³/mol. The van der Waals surface area contributed by atoms with Crippen LogP contribution in [0.15, 0.2) is 22.7 Å². The van der Waals surface area contributed by atoms with Gasteiger partial charge in [-0.25, -0.2) is 0 Å². The van der Waals surface area contributed by atoms with Gasteiger partial charge in [-0.15, -0.1) is 0 Å². The first-order valence-electron chi connectivity index (χ1n) is 5.52. The van der Waals surface area contributed by atoms with E-state index in [0.29, 0.717) is 17.1 Å². The average molecular weight is 318 g/mol. The van der Waals surface area contributed by atoms with Crippen LogP contribution in [0.2, 0.25) is 5.02 Å². The van der Waals surface area contributed by atoms with E-state index in [9.17, 15) is 4.79 Å². The normalized spacial score (nSPS) is 17.4. The molecule has 5 heteroatoms. The van der Waals surface area contributed by atoms with Crippen molar-refractivity contribution < 1.29 is 4.79 Å². The van der Waals surface area contributed by atoms with Crippen LogP contribution in [0.25, 0.3) is 0 Å². The predicted octanol–water partition coefficient (Wildman–Crippen LogP) is 3.31. The fraction of sp³-hybridized carbons (Fsp3) is 0.417. The van der Waals surface area contributed by atoms with Gasteiger partial charge in [-0.2, -0.15) is 0 Å². The molecule has 17 heavy (non-hydrogen) atoms. The van der Waals surface area contributed by atoms with Crippen LogP contribution in [0.5, 0.6) is 0 Å². The molecule has 0 unspecified atom stereocenters. The minimum Gasteiger partial charge on any atom is -0.325 e. The lowest BCUT2D eigenvalue weighted by Crippen LogP contribution is -2.48. The Hall–Kier alpha value is -0.580. The first-order valence-corrected chi connectivity index (χ1v) is 6.69. The molecule has 1 saturated carbocycles. The van der Waals surface area contributed by atoms with Crippen LogP contribution in [-0.4, -0.2) is 11.4 Å². The second kappa shape index (κ2) is 4.96. The summed E-state index contributed by atoms with van der Waals surface area (Å²) in [6.45, 7) is 0. The fourth-order valence-electron chi connectivity index (χ4n) is 1.92. The molecule has 0 spiro atoms. The van der Waals surface area contributed by atoms with Crippen LogP contribution >= 0.6 is 27.5 Å². The van der Waals surface area contributed by atoms with Crippen LogP contribution in [-0.2, 0) is 4.79 Å². The van der Waals surface area contributed by atoms with Crippen LogP contribution < -0.4 is 11.1 Å². The molecule has 0 bridgehead atoms. The Bertz CT molecular complexity index is 446. The van der Waals surface area contributed by atoms with Crippen molar-refractivity contribution in [2.75, 3.05) is 5.32 Å². The van der Waals surface area contributed by atoms with E-state index in [-0.39, 0.29) is 11.4 Å². The molecule has 1 amide bonds. The minimum absolute atomic E-state index is 0.0600. The average Bonchev–Trinajstić information content (AvgIpc) is 2.21. The largest absolute Gasteiger partial charge is 0.325 e. The molecule has 0 atom stereocenters. The molecule has 1 aliphatic rings. The van der Waals surface area contributed by atoms with E-state index in [0.717, 1.165) is 23.7 Å². The highest BCUT2D eigenvalue weighted by Gasteiger charge is 2.34. The lowest BCUT2D eigenvalue weighted by Gasteiger charge is -2.37. The molecular weight excluding hydrogens is 304 g/mol. The highest BCUT2D eigenvalue weighted by Crippen LogP contribution is 2.33. The standard InChI is InChI=1S/C12H14BrClN2O/c13-9-3-2-8(14)6-10(9)16-11(17)7-12(15)4-1-5-12/h2-3,6H,1,4-5,7,15H2,(H,16,17). The summed E-state index contributed by atoms with van der Waals surface area (Å²) in [5, 5.41) is 3.42. The fourth-order valence-corrected chi connectivity index (χ4v) is 2.43. The zero-order valence-electron chi connectivity index (χ0n) is 9.30. The van der Waals surface area contributed by atoms with Gasteiger partial charge in [-0.3, -0.25) is 4.79 Å². The third-order valence-electron chi connectivity index (χ3n) is 3.06. The van der Waals surface area contributed by atoms with E-state index in [1.54, 1.807) is 18.2 Å². The quantitative estimate of drug-likeness (QED) is 0.898. The molecule has 2 rings (SSSR count). The van der Waals surface area contributed by atoms with Crippen molar-refractivity contribution in [2.45, 2.75) is 31.2 Å². The maximum atomic E-state index is 11.8. The van der Waals surface area contributed by atoms with E-state index in [4.69, 9.17) is 17.3 Å². The number of anilines is 1. The molecule has 3 nitrogen and oxygen atoms in total. The van der Waals surface area contributed by atoms with Gasteiger partial charge in [0.2, 0.25) is 5.91 Å². The van der Waals surface area contributed by atoms with Gasteiger partial charge in [-0.1, -0.05) is 11.6 Å². The number of carbonyl (C=O) groups excluding carboxylic acids is 1. The maximum absolute atomic E-state index is 11.8. The smallest absolute Gasteiger partial charge is 0.226 e. The van der Waals surface area contributed by atoms with Gasteiger partial charge in [0.15, 0.2) is 0 Å². The second-order valence-electron chi connectivity index (χ2n) is 4.57. The number of hydrogen-bond acceptors (Lipinski definition) is 2. The summed E-state index contributed by atoms with van der Waals surface area (Å²) >= 11 is 9.24. The number of nitrogens with one attached hydrogen (secondary N) is 1. The molecule has 3 N–H and O–H groups in total. The number of hydrogen-bond donors (Lipinski definition) is 2. The van der Waals surface area contributed by atoms with Gasteiger partial charge >= 0.3 is 0 Å². The number of carbonyl (C=O) groups is 1. The zero-order chi connectivity index (χ0) is 12.5. The highest BCUT2D eigenvalue weighted by atomic mass is 79.9. The Morgan fingerprint density at radius 3 is 2.82 bits per heavy atom. The molecule has 0 aromatic heterocycles. The lowest BCUT2D eigenvalue weighted by molar-refractivity contribution is -0.118. The van der Waals surface area contributed by atoms with Gasteiger partial charge in [0.05, 0.1) is 5.69 Å². The summed E-state index contributed by atoms with van der Waals surface area (Å²) in [6, 6.07) is 5.28. The molecule has 1 aromatic carbocycles. The number of nitrogens with two attached hydrogens (primary N) is 1. The van der Waals surface area contributed by atoms with E-state index in [1.165, 1.54) is 0 Å². The topological polar surface area (TPSA) is 55.1 Å². The molecule has 0 heterocycles. The summed E-state index contributed by atoms with van der Waals surface area (Å²) in [4.78, 5) is 11.8. The summed E-state index contributed by atoms with van der Waals surface area (Å²) in [5.74, 6) is -0.0600. The Balaban J connectivity index is 2.00. The van der Waals surface area contributed by atoms with Crippen molar-refractivity contribution in [2.24, 2.45) is 5.73 Å². The van der Waals surface area contributed by atoms with Crippen molar-refractivity contribution in [3.05, 3.63) is 27.7 Å². The Morgan fingerprint density at radius 2 is 2.24 bits per heavy atom. The van der Waals surface area contributed by atoms with Gasteiger partial charge < -0.3 is 11.1 Å². The third kappa shape index (κ3) is 3.21. The van der Waals surface area contributed by atoms with Crippen molar-refractivity contribution in [3.8, 4) is 0 Å². The van der Waals surface area contributed by atoms with Crippen molar-refractivity contribution in [1.82, 2.24) is 0 Å². The zero-order valence-corrected chi connectivity index (χ0v) is 11.6. The molecule has 0 saturated heterocycles. The molecule has 1 aliphatic carbocycles. The highest BCUT2D eigenvalue weighted by molar-refractivity contribution is 9.10. The lowest BCUT2D eigenvalue weighted by atomic mass is 9.75. The van der Waals surface area contributed by atoms with Gasteiger partial charge in [0, 0.05) is 21.5 Å². The van der Waals surface area contributed by atoms with Crippen LogP contribution in [0, 0.1) is 0 Å². The molecular formula is C12H14BrClN2O. The van der Waals surface area contributed by atoms with E-state index >= 15 is 0 Å². The van der Waals surface area contributed by atoms with Crippen LogP contribution in [0.3, 0.4) is 0 Å². The van der Waals surface area contributed by atoms with Gasteiger partial charge in [0.25, 0.3) is 0 Å². The maximum Gasteiger partial charge on any atom is 0.226 e. The summed E-state index contributed by atoms with van der Waals surface area (Å²) in [5.41, 5.74) is 6.42. The van der Waals surface area contributed by atoms with Crippen LogP contribution in [0.1, 0.15) is 25.7 Å². The van der Waals surface area contributed by atoms with Crippen molar-refractivity contribution >= 4 is 39.1 Å². The second-order valence-corrected chi connectivity index (χ2v) is 5.86. The Morgan fingerprint density at radius 1 is 1.53 bits per heavy atom. The first-order chi connectivity index (χ1) is 7.98. The summed E-state index contributed by atoms with van der Waals surface area (Å²) < 4.78 is 0.815. The molecule has 1 fully saturated rings. The SMILES string of the molecule is NC1(CC(=O)Nc2cc(Cl)ccc2Br)CCC1. The van der Waals surface area contributed by atoms with Crippen LogP contribution in [0.4, 0.5) is 5.69 Å². The Labute approximate surface area is 114 Å². The Kier molecular flexibility index (Phi) is 3.76. The molecule has 0 radical (unpaired) electrons. The molecule has 0 aliphatic heterocycles. The summed E-state index contributed by atoms with van der Waals surface area (Å²) in [7, 11) is 0. The first kappa shape index (κ1) is 12.9. The van der Waals surface area contributed by atoms with Gasteiger partial charge in [-0.05, 0) is 53.4 Å². The number of amides is 1.